The van der Waals surface area contributed by atoms with Crippen LogP contribution in [0.1, 0.15) is 16.2 Å². The number of hydrogen-bond acceptors (Lipinski definition) is 3. The Labute approximate surface area is 111 Å². The molecule has 0 atom stereocenters. The second-order valence-electron chi connectivity index (χ2n) is 3.22. The molecule has 0 spiro atoms. The van der Waals surface area contributed by atoms with Crippen molar-refractivity contribution in [3.05, 3.63) is 45.4 Å². The van der Waals surface area contributed by atoms with E-state index in [0.717, 1.165) is 0 Å². The van der Waals surface area contributed by atoms with E-state index in [1.165, 1.54) is 6.33 Å². The van der Waals surface area contributed by atoms with Gasteiger partial charge >= 0.3 is 0 Å². The maximum absolute atomic E-state index is 11.8. The van der Waals surface area contributed by atoms with Crippen LogP contribution < -0.4 is 5.32 Å². The first kappa shape index (κ1) is 12.1. The molecular formula is C10H8BrClN4O. The summed E-state index contributed by atoms with van der Waals surface area (Å²) < 4.78 is 0.687. The smallest absolute Gasteiger partial charge is 0.253 e. The van der Waals surface area contributed by atoms with E-state index in [1.807, 2.05) is 0 Å². The summed E-state index contributed by atoms with van der Waals surface area (Å²) in [5, 5.41) is 9.42. The molecule has 1 aromatic heterocycles. The van der Waals surface area contributed by atoms with Crippen molar-refractivity contribution in [2.24, 2.45) is 0 Å². The van der Waals surface area contributed by atoms with E-state index in [-0.39, 0.29) is 12.5 Å². The van der Waals surface area contributed by atoms with Gasteiger partial charge in [0.15, 0.2) is 0 Å². The maximum atomic E-state index is 11.8. The molecule has 1 amide bonds. The van der Waals surface area contributed by atoms with Gasteiger partial charge in [0.05, 0.1) is 17.1 Å². The first-order valence-corrected chi connectivity index (χ1v) is 5.92. The molecule has 0 fully saturated rings. The number of amides is 1. The highest BCUT2D eigenvalue weighted by molar-refractivity contribution is 9.10. The standard InChI is InChI=1S/C10H8BrClN4O/c11-7-3-1-2-6(9(7)12)10(17)13-4-8-14-5-15-16-8/h1-3,5H,4H2,(H,13,17)(H,14,15,16). The van der Waals surface area contributed by atoms with Crippen LogP contribution in [0.25, 0.3) is 0 Å². The molecule has 0 radical (unpaired) electrons. The minimum atomic E-state index is -0.257. The average Bonchev–Trinajstić information content (AvgIpc) is 2.82. The first-order valence-electron chi connectivity index (χ1n) is 4.75. The van der Waals surface area contributed by atoms with E-state index in [2.05, 4.69) is 36.4 Å². The molecule has 1 aromatic carbocycles. The summed E-state index contributed by atoms with van der Waals surface area (Å²) in [6, 6.07) is 5.18. The van der Waals surface area contributed by atoms with Gasteiger partial charge in [0, 0.05) is 4.47 Å². The topological polar surface area (TPSA) is 70.7 Å². The number of H-pyrrole nitrogens is 1. The molecule has 88 valence electrons. The number of aromatic nitrogens is 3. The lowest BCUT2D eigenvalue weighted by molar-refractivity contribution is 0.0950. The maximum Gasteiger partial charge on any atom is 0.253 e. The van der Waals surface area contributed by atoms with Crippen LogP contribution in [0.15, 0.2) is 29.0 Å². The van der Waals surface area contributed by atoms with Gasteiger partial charge in [0.1, 0.15) is 12.2 Å². The number of carbonyl (C=O) groups excluding carboxylic acids is 1. The predicted octanol–water partition coefficient (Wildman–Crippen LogP) is 2.15. The molecule has 0 aliphatic carbocycles. The molecule has 2 rings (SSSR count). The van der Waals surface area contributed by atoms with Crippen LogP contribution in [-0.4, -0.2) is 21.1 Å². The number of aromatic amines is 1. The third-order valence-electron chi connectivity index (χ3n) is 2.08. The lowest BCUT2D eigenvalue weighted by Gasteiger charge is -2.06. The van der Waals surface area contributed by atoms with E-state index in [1.54, 1.807) is 18.2 Å². The van der Waals surface area contributed by atoms with Crippen molar-refractivity contribution >= 4 is 33.4 Å². The Kier molecular flexibility index (Phi) is 3.75. The molecule has 2 aromatic rings. The van der Waals surface area contributed by atoms with Crippen LogP contribution >= 0.6 is 27.5 Å². The molecule has 17 heavy (non-hydrogen) atoms. The monoisotopic (exact) mass is 314 g/mol. The highest BCUT2D eigenvalue weighted by Crippen LogP contribution is 2.25. The minimum Gasteiger partial charge on any atom is -0.345 e. The number of halogens is 2. The first-order chi connectivity index (χ1) is 8.18. The molecule has 1 heterocycles. The second kappa shape index (κ2) is 5.29. The zero-order valence-electron chi connectivity index (χ0n) is 8.58. The lowest BCUT2D eigenvalue weighted by atomic mass is 10.2. The summed E-state index contributed by atoms with van der Waals surface area (Å²) in [6.07, 6.45) is 1.38. The molecule has 0 aliphatic heterocycles. The zero-order chi connectivity index (χ0) is 12.3. The van der Waals surface area contributed by atoms with Gasteiger partial charge in [-0.3, -0.25) is 9.89 Å². The Hall–Kier alpha value is -1.40. The third kappa shape index (κ3) is 2.83. The van der Waals surface area contributed by atoms with Crippen LogP contribution in [0.3, 0.4) is 0 Å². The summed E-state index contributed by atoms with van der Waals surface area (Å²) in [5.74, 6) is 0.331. The van der Waals surface area contributed by atoms with Crippen molar-refractivity contribution in [3.63, 3.8) is 0 Å². The summed E-state index contributed by atoms with van der Waals surface area (Å²) in [7, 11) is 0. The number of nitrogens with one attached hydrogen (secondary N) is 2. The Bertz CT molecular complexity index is 529. The fourth-order valence-corrected chi connectivity index (χ4v) is 1.83. The molecule has 7 heteroatoms. The van der Waals surface area contributed by atoms with E-state index in [4.69, 9.17) is 11.6 Å². The molecule has 0 aliphatic rings. The van der Waals surface area contributed by atoms with Crippen molar-refractivity contribution in [2.75, 3.05) is 0 Å². The normalized spacial score (nSPS) is 10.2. The summed E-state index contributed by atoms with van der Waals surface area (Å²) >= 11 is 9.27. The van der Waals surface area contributed by atoms with Crippen LogP contribution in [0.2, 0.25) is 5.02 Å². The quantitative estimate of drug-likeness (QED) is 0.911. The predicted molar refractivity (Wildman–Crippen MR) is 66.7 cm³/mol. The third-order valence-corrected chi connectivity index (χ3v) is 3.37. The van der Waals surface area contributed by atoms with Crippen LogP contribution in [0.4, 0.5) is 0 Å². The summed E-state index contributed by atoms with van der Waals surface area (Å²) in [5.41, 5.74) is 0.417. The number of nitrogens with zero attached hydrogens (tertiary/aromatic N) is 2. The molecule has 0 unspecified atom stereocenters. The van der Waals surface area contributed by atoms with Gasteiger partial charge < -0.3 is 5.32 Å². The fraction of sp³-hybridized carbons (Fsp3) is 0.100. The van der Waals surface area contributed by atoms with E-state index in [0.29, 0.717) is 20.9 Å². The van der Waals surface area contributed by atoms with Gasteiger partial charge in [-0.2, -0.15) is 5.10 Å². The van der Waals surface area contributed by atoms with Gasteiger partial charge in [0.25, 0.3) is 5.91 Å². The van der Waals surface area contributed by atoms with Gasteiger partial charge in [-0.15, -0.1) is 0 Å². The lowest BCUT2D eigenvalue weighted by Crippen LogP contribution is -2.23. The van der Waals surface area contributed by atoms with Crippen LogP contribution in [0.5, 0.6) is 0 Å². The number of carbonyl (C=O) groups is 1. The fourth-order valence-electron chi connectivity index (χ4n) is 1.25. The van der Waals surface area contributed by atoms with Crippen LogP contribution in [-0.2, 0) is 6.54 Å². The Morgan fingerprint density at radius 1 is 1.53 bits per heavy atom. The van der Waals surface area contributed by atoms with Crippen molar-refractivity contribution in [1.82, 2.24) is 20.5 Å². The summed E-state index contributed by atoms with van der Waals surface area (Å²) in [4.78, 5) is 15.7. The van der Waals surface area contributed by atoms with Crippen molar-refractivity contribution < 1.29 is 4.79 Å². The Morgan fingerprint density at radius 3 is 3.06 bits per heavy atom. The van der Waals surface area contributed by atoms with Crippen molar-refractivity contribution in [3.8, 4) is 0 Å². The molecule has 0 bridgehead atoms. The Balaban J connectivity index is 2.07. The Morgan fingerprint density at radius 2 is 2.35 bits per heavy atom. The van der Waals surface area contributed by atoms with Crippen molar-refractivity contribution in [1.29, 1.82) is 0 Å². The highest BCUT2D eigenvalue weighted by atomic mass is 79.9. The van der Waals surface area contributed by atoms with Crippen molar-refractivity contribution in [2.45, 2.75) is 6.54 Å². The molecule has 5 nitrogen and oxygen atoms in total. The SMILES string of the molecule is O=C(NCc1ncn[nH]1)c1cccc(Br)c1Cl. The zero-order valence-corrected chi connectivity index (χ0v) is 10.9. The highest BCUT2D eigenvalue weighted by Gasteiger charge is 2.12. The molecule has 2 N–H and O–H groups in total. The van der Waals surface area contributed by atoms with E-state index in [9.17, 15) is 4.79 Å². The van der Waals surface area contributed by atoms with E-state index < -0.39 is 0 Å². The summed E-state index contributed by atoms with van der Waals surface area (Å²) in [6.45, 7) is 0.279. The van der Waals surface area contributed by atoms with Gasteiger partial charge in [-0.25, -0.2) is 4.98 Å². The minimum absolute atomic E-state index is 0.257. The van der Waals surface area contributed by atoms with Gasteiger partial charge in [0.2, 0.25) is 0 Å². The number of rotatable bonds is 3. The average molecular weight is 316 g/mol. The molecular weight excluding hydrogens is 307 g/mol. The van der Waals surface area contributed by atoms with Gasteiger partial charge in [-0.1, -0.05) is 17.7 Å². The molecule has 0 saturated carbocycles. The number of benzene rings is 1. The van der Waals surface area contributed by atoms with E-state index >= 15 is 0 Å². The molecule has 0 saturated heterocycles. The van der Waals surface area contributed by atoms with Crippen LogP contribution in [0, 0.1) is 0 Å². The van der Waals surface area contributed by atoms with Gasteiger partial charge in [-0.05, 0) is 28.1 Å². The second-order valence-corrected chi connectivity index (χ2v) is 4.45. The number of hydrogen-bond donors (Lipinski definition) is 2. The largest absolute Gasteiger partial charge is 0.345 e.